The highest BCUT2D eigenvalue weighted by Gasteiger charge is 2.65. The van der Waals surface area contributed by atoms with E-state index in [4.69, 9.17) is 0 Å². The first-order valence-corrected chi connectivity index (χ1v) is 5.47. The van der Waals surface area contributed by atoms with Gasteiger partial charge in [0.25, 0.3) is 0 Å². The first-order valence-electron chi connectivity index (χ1n) is 5.02. The van der Waals surface area contributed by atoms with Crippen molar-refractivity contribution in [3.05, 3.63) is 29.6 Å². The Morgan fingerprint density at radius 1 is 1.29 bits per heavy atom. The van der Waals surface area contributed by atoms with Crippen molar-refractivity contribution in [2.24, 2.45) is 5.41 Å². The number of thiol groups is 1. The topological polar surface area (TPSA) is 0 Å². The summed E-state index contributed by atoms with van der Waals surface area (Å²) >= 11 is 4.04. The lowest BCUT2D eigenvalue weighted by molar-refractivity contribution is -0.125. The molecule has 3 aliphatic carbocycles. The Bertz CT molecular complexity index is 391. The lowest BCUT2D eigenvalue weighted by Gasteiger charge is -2.70. The average molecular weight is 208 g/mol. The van der Waals surface area contributed by atoms with Crippen molar-refractivity contribution in [1.82, 2.24) is 0 Å². The summed E-state index contributed by atoms with van der Waals surface area (Å²) < 4.78 is 13.3. The maximum Gasteiger partial charge on any atom is 0.136 e. The van der Waals surface area contributed by atoms with E-state index in [1.165, 1.54) is 24.8 Å². The van der Waals surface area contributed by atoms with Gasteiger partial charge in [0, 0.05) is 4.90 Å². The zero-order valence-electron chi connectivity index (χ0n) is 8.18. The molecular formula is C12H13FS. The quantitative estimate of drug-likeness (QED) is 0.670. The zero-order chi connectivity index (χ0) is 9.97. The van der Waals surface area contributed by atoms with E-state index in [-0.39, 0.29) is 5.82 Å². The molecular weight excluding hydrogens is 195 g/mol. The summed E-state index contributed by atoms with van der Waals surface area (Å²) in [5.74, 6) is -0.180. The first kappa shape index (κ1) is 8.78. The van der Waals surface area contributed by atoms with Crippen molar-refractivity contribution in [1.29, 1.82) is 0 Å². The second-order valence-electron chi connectivity index (χ2n) is 5.29. The molecule has 0 aliphatic heterocycles. The molecule has 2 heteroatoms. The van der Waals surface area contributed by atoms with Gasteiger partial charge in [0.15, 0.2) is 0 Å². The van der Waals surface area contributed by atoms with E-state index in [0.29, 0.717) is 15.7 Å². The van der Waals surface area contributed by atoms with Crippen LogP contribution in [0.2, 0.25) is 0 Å². The van der Waals surface area contributed by atoms with Gasteiger partial charge in [0.05, 0.1) is 0 Å². The Morgan fingerprint density at radius 3 is 2.43 bits per heavy atom. The van der Waals surface area contributed by atoms with Gasteiger partial charge in [-0.1, -0.05) is 13.0 Å². The Kier molecular flexibility index (Phi) is 1.48. The third-order valence-electron chi connectivity index (χ3n) is 3.86. The average Bonchev–Trinajstić information content (AvgIpc) is 2.03. The largest absolute Gasteiger partial charge is 0.206 e. The van der Waals surface area contributed by atoms with Crippen LogP contribution >= 0.6 is 12.6 Å². The Hall–Kier alpha value is -0.500. The van der Waals surface area contributed by atoms with E-state index in [2.05, 4.69) is 19.6 Å². The van der Waals surface area contributed by atoms with Crippen molar-refractivity contribution in [3.63, 3.8) is 0 Å². The number of hydrogen-bond acceptors (Lipinski definition) is 1. The molecule has 0 amide bonds. The summed E-state index contributed by atoms with van der Waals surface area (Å²) in [7, 11) is 0. The zero-order valence-corrected chi connectivity index (χ0v) is 9.07. The van der Waals surface area contributed by atoms with Crippen LogP contribution in [-0.4, -0.2) is 0 Å². The van der Waals surface area contributed by atoms with E-state index in [9.17, 15) is 4.39 Å². The minimum atomic E-state index is -0.180. The van der Waals surface area contributed by atoms with Gasteiger partial charge >= 0.3 is 0 Å². The fourth-order valence-corrected chi connectivity index (χ4v) is 3.58. The molecule has 3 fully saturated rings. The second-order valence-corrected chi connectivity index (χ2v) is 5.77. The molecule has 0 unspecified atom stereocenters. The highest BCUT2D eigenvalue weighted by atomic mass is 32.1. The van der Waals surface area contributed by atoms with Crippen LogP contribution in [0.3, 0.4) is 0 Å². The Balaban J connectivity index is 1.95. The van der Waals surface area contributed by atoms with Gasteiger partial charge in [-0.3, -0.25) is 0 Å². The SMILES string of the molecule is CC12CC(c3ccc(S)c(F)c3)(C1)C2. The van der Waals surface area contributed by atoms with Crippen LogP contribution in [0.5, 0.6) is 0 Å². The minimum Gasteiger partial charge on any atom is -0.206 e. The Labute approximate surface area is 88.9 Å². The minimum absolute atomic E-state index is 0.180. The molecule has 0 radical (unpaired) electrons. The number of benzene rings is 1. The molecule has 0 heterocycles. The smallest absolute Gasteiger partial charge is 0.136 e. The highest BCUT2D eigenvalue weighted by Crippen LogP contribution is 2.73. The van der Waals surface area contributed by atoms with Gasteiger partial charge in [-0.05, 0) is 47.8 Å². The predicted octanol–water partition coefficient (Wildman–Crippen LogP) is 3.56. The predicted molar refractivity (Wildman–Crippen MR) is 57.3 cm³/mol. The highest BCUT2D eigenvalue weighted by molar-refractivity contribution is 7.80. The van der Waals surface area contributed by atoms with E-state index >= 15 is 0 Å². The number of hydrogen-bond donors (Lipinski definition) is 1. The lowest BCUT2D eigenvalue weighted by Crippen LogP contribution is -2.62. The second kappa shape index (κ2) is 2.35. The Morgan fingerprint density at radius 2 is 1.93 bits per heavy atom. The van der Waals surface area contributed by atoms with Gasteiger partial charge < -0.3 is 0 Å². The molecule has 0 nitrogen and oxygen atoms in total. The third-order valence-corrected chi connectivity index (χ3v) is 4.22. The van der Waals surface area contributed by atoms with Crippen LogP contribution in [0.25, 0.3) is 0 Å². The summed E-state index contributed by atoms with van der Waals surface area (Å²) in [6, 6.07) is 5.47. The molecule has 0 N–H and O–H groups in total. The fourth-order valence-electron chi connectivity index (χ4n) is 3.44. The van der Waals surface area contributed by atoms with Crippen LogP contribution in [0.1, 0.15) is 31.7 Å². The first-order chi connectivity index (χ1) is 6.53. The number of halogens is 1. The normalized spacial score (nSPS) is 38.8. The third kappa shape index (κ3) is 0.952. The lowest BCUT2D eigenvalue weighted by atomic mass is 9.34. The summed E-state index contributed by atoms with van der Waals surface area (Å²) in [6.45, 7) is 2.32. The van der Waals surface area contributed by atoms with Crippen molar-refractivity contribution in [2.75, 3.05) is 0 Å². The van der Waals surface area contributed by atoms with Gasteiger partial charge in [-0.2, -0.15) is 0 Å². The van der Waals surface area contributed by atoms with Crippen molar-refractivity contribution >= 4 is 12.6 Å². The molecule has 0 spiro atoms. The molecule has 3 saturated carbocycles. The fraction of sp³-hybridized carbons (Fsp3) is 0.500. The van der Waals surface area contributed by atoms with E-state index in [0.717, 1.165) is 0 Å². The van der Waals surface area contributed by atoms with Crippen molar-refractivity contribution < 1.29 is 4.39 Å². The van der Waals surface area contributed by atoms with Crippen LogP contribution in [0, 0.1) is 11.2 Å². The van der Waals surface area contributed by atoms with Crippen molar-refractivity contribution in [2.45, 2.75) is 36.5 Å². The van der Waals surface area contributed by atoms with Gasteiger partial charge in [0.2, 0.25) is 0 Å². The van der Waals surface area contributed by atoms with Crippen LogP contribution in [-0.2, 0) is 5.41 Å². The molecule has 0 aromatic heterocycles. The van der Waals surface area contributed by atoms with Crippen LogP contribution < -0.4 is 0 Å². The summed E-state index contributed by atoms with van der Waals surface area (Å²) in [5.41, 5.74) is 2.09. The van der Waals surface area contributed by atoms with Gasteiger partial charge in [0.1, 0.15) is 5.82 Å². The van der Waals surface area contributed by atoms with Crippen molar-refractivity contribution in [3.8, 4) is 0 Å². The van der Waals surface area contributed by atoms with E-state index < -0.39 is 0 Å². The van der Waals surface area contributed by atoms with E-state index in [1.807, 2.05) is 6.07 Å². The van der Waals surface area contributed by atoms with Gasteiger partial charge in [-0.25, -0.2) is 4.39 Å². The molecule has 74 valence electrons. The molecule has 1 aromatic carbocycles. The van der Waals surface area contributed by atoms with Gasteiger partial charge in [-0.15, -0.1) is 12.6 Å². The summed E-state index contributed by atoms with van der Waals surface area (Å²) in [4.78, 5) is 0.451. The molecule has 2 bridgehead atoms. The standard InChI is InChI=1S/C12H13FS/c1-11-5-12(6-11,7-11)8-2-3-10(14)9(13)4-8/h2-4,14H,5-7H2,1H3. The summed E-state index contributed by atoms with van der Waals surface area (Å²) in [5, 5.41) is 0. The molecule has 0 saturated heterocycles. The number of rotatable bonds is 1. The molecule has 3 aliphatic rings. The maximum atomic E-state index is 13.3. The molecule has 4 rings (SSSR count). The molecule has 1 aromatic rings. The van der Waals surface area contributed by atoms with Crippen LogP contribution in [0.15, 0.2) is 23.1 Å². The maximum absolute atomic E-state index is 13.3. The van der Waals surface area contributed by atoms with E-state index in [1.54, 1.807) is 12.1 Å². The monoisotopic (exact) mass is 208 g/mol. The van der Waals surface area contributed by atoms with Crippen LogP contribution in [0.4, 0.5) is 4.39 Å². The molecule has 0 atom stereocenters. The molecule has 14 heavy (non-hydrogen) atoms. The summed E-state index contributed by atoms with van der Waals surface area (Å²) in [6.07, 6.45) is 3.72.